The number of nitrogens with one attached hydrogen (secondary N) is 2. The number of anilines is 1. The molecule has 2 fully saturated rings. The molecule has 26 heavy (non-hydrogen) atoms. The molecule has 0 bridgehead atoms. The lowest BCUT2D eigenvalue weighted by atomic mass is 9.88. The van der Waals surface area contributed by atoms with E-state index in [0.29, 0.717) is 31.8 Å². The maximum absolute atomic E-state index is 12.0. The van der Waals surface area contributed by atoms with Crippen molar-refractivity contribution in [3.8, 4) is 11.3 Å². The first kappa shape index (κ1) is 17.0. The number of imide groups is 1. The molecule has 1 spiro atoms. The van der Waals surface area contributed by atoms with Crippen molar-refractivity contribution in [2.24, 2.45) is 0 Å². The van der Waals surface area contributed by atoms with Crippen LogP contribution in [-0.4, -0.2) is 35.6 Å². The Bertz CT molecular complexity index is 835. The second-order valence-corrected chi connectivity index (χ2v) is 8.11. The summed E-state index contributed by atoms with van der Waals surface area (Å²) >= 11 is 1.62. The van der Waals surface area contributed by atoms with E-state index < -0.39 is 5.54 Å². The molecular weight excluding hydrogens is 348 g/mol. The number of amides is 3. The standard InChI is InChI=1S/C19H22N4O2S/c1-12(2)13-3-5-14(6-4-13)15-11-26-18(20-15)23-9-7-19(8-10-23)16(24)21-17(25)22-19/h3-6,11-12H,7-10H2,1-2H3,(H2,21,22,24,25). The minimum Gasteiger partial charge on any atom is -0.348 e. The summed E-state index contributed by atoms with van der Waals surface area (Å²) in [7, 11) is 0. The summed E-state index contributed by atoms with van der Waals surface area (Å²) in [6.07, 6.45) is 1.20. The van der Waals surface area contributed by atoms with Crippen molar-refractivity contribution >= 4 is 28.4 Å². The fourth-order valence-electron chi connectivity index (χ4n) is 3.54. The van der Waals surface area contributed by atoms with E-state index in [1.807, 2.05) is 0 Å². The van der Waals surface area contributed by atoms with Crippen molar-refractivity contribution in [3.05, 3.63) is 35.2 Å². The molecule has 2 aliphatic heterocycles. The Morgan fingerprint density at radius 3 is 2.42 bits per heavy atom. The van der Waals surface area contributed by atoms with Crippen LogP contribution in [0.3, 0.4) is 0 Å². The highest BCUT2D eigenvalue weighted by molar-refractivity contribution is 7.14. The van der Waals surface area contributed by atoms with E-state index in [9.17, 15) is 9.59 Å². The molecule has 2 N–H and O–H groups in total. The first-order valence-corrected chi connectivity index (χ1v) is 9.79. The first-order valence-electron chi connectivity index (χ1n) is 8.91. The molecule has 1 aromatic carbocycles. The number of nitrogens with zero attached hydrogens (tertiary/aromatic N) is 2. The maximum Gasteiger partial charge on any atom is 0.322 e. The predicted molar refractivity (Wildman–Crippen MR) is 102 cm³/mol. The molecule has 0 saturated carbocycles. The van der Waals surface area contributed by atoms with Crippen LogP contribution in [0.15, 0.2) is 29.6 Å². The fourth-order valence-corrected chi connectivity index (χ4v) is 4.43. The Morgan fingerprint density at radius 2 is 1.85 bits per heavy atom. The van der Waals surface area contributed by atoms with Crippen LogP contribution in [0.5, 0.6) is 0 Å². The molecule has 4 rings (SSSR count). The lowest BCUT2D eigenvalue weighted by Gasteiger charge is -2.36. The topological polar surface area (TPSA) is 74.3 Å². The van der Waals surface area contributed by atoms with Gasteiger partial charge in [-0.1, -0.05) is 38.1 Å². The van der Waals surface area contributed by atoms with E-state index in [2.05, 4.69) is 59.0 Å². The highest BCUT2D eigenvalue weighted by Gasteiger charge is 2.48. The van der Waals surface area contributed by atoms with E-state index in [4.69, 9.17) is 4.98 Å². The Kier molecular flexibility index (Phi) is 4.19. The molecule has 1 aromatic heterocycles. The molecular formula is C19H22N4O2S. The van der Waals surface area contributed by atoms with Crippen molar-refractivity contribution in [3.63, 3.8) is 0 Å². The van der Waals surface area contributed by atoms with Crippen LogP contribution < -0.4 is 15.5 Å². The number of aromatic nitrogens is 1. The molecule has 2 aliphatic rings. The molecule has 3 amide bonds. The molecule has 3 heterocycles. The van der Waals surface area contributed by atoms with Gasteiger partial charge in [0.05, 0.1) is 5.69 Å². The SMILES string of the molecule is CC(C)c1ccc(-c2csc(N3CCC4(CC3)NC(=O)NC4=O)n2)cc1. The van der Waals surface area contributed by atoms with E-state index >= 15 is 0 Å². The van der Waals surface area contributed by atoms with E-state index in [-0.39, 0.29) is 11.9 Å². The minimum absolute atomic E-state index is 0.202. The normalized spacial score (nSPS) is 19.1. The number of hydrogen-bond acceptors (Lipinski definition) is 5. The van der Waals surface area contributed by atoms with Crippen LogP contribution in [0, 0.1) is 0 Å². The van der Waals surface area contributed by atoms with Gasteiger partial charge in [0.25, 0.3) is 5.91 Å². The van der Waals surface area contributed by atoms with E-state index in [0.717, 1.165) is 16.4 Å². The number of rotatable bonds is 3. The largest absolute Gasteiger partial charge is 0.348 e. The Labute approximate surface area is 156 Å². The minimum atomic E-state index is -0.736. The van der Waals surface area contributed by atoms with Crippen LogP contribution in [0.1, 0.15) is 38.2 Å². The van der Waals surface area contributed by atoms with Gasteiger partial charge in [0.15, 0.2) is 5.13 Å². The number of urea groups is 1. The number of carbonyl (C=O) groups is 2. The Balaban J connectivity index is 1.46. The first-order chi connectivity index (χ1) is 12.5. The van der Waals surface area contributed by atoms with Gasteiger partial charge >= 0.3 is 6.03 Å². The van der Waals surface area contributed by atoms with Gasteiger partial charge in [-0.05, 0) is 24.3 Å². The number of benzene rings is 1. The van der Waals surface area contributed by atoms with Gasteiger partial charge in [-0.2, -0.15) is 0 Å². The van der Waals surface area contributed by atoms with Crippen LogP contribution in [0.25, 0.3) is 11.3 Å². The lowest BCUT2D eigenvalue weighted by Crippen LogP contribution is -2.54. The summed E-state index contributed by atoms with van der Waals surface area (Å²) in [6, 6.07) is 8.18. The van der Waals surface area contributed by atoms with Crippen molar-refractivity contribution in [1.29, 1.82) is 0 Å². The maximum atomic E-state index is 12.0. The number of hydrogen-bond donors (Lipinski definition) is 2. The monoisotopic (exact) mass is 370 g/mol. The average Bonchev–Trinajstić information content (AvgIpc) is 3.21. The number of carbonyl (C=O) groups excluding carboxylic acids is 2. The third kappa shape index (κ3) is 2.96. The molecule has 0 unspecified atom stereocenters. The molecule has 6 nitrogen and oxygen atoms in total. The third-order valence-corrected chi connectivity index (χ3v) is 6.17. The zero-order valence-corrected chi connectivity index (χ0v) is 15.7. The molecule has 0 aliphatic carbocycles. The van der Waals surface area contributed by atoms with E-state index in [1.165, 1.54) is 5.56 Å². The van der Waals surface area contributed by atoms with Crippen LogP contribution in [0.4, 0.5) is 9.93 Å². The van der Waals surface area contributed by atoms with Crippen LogP contribution in [0.2, 0.25) is 0 Å². The summed E-state index contributed by atoms with van der Waals surface area (Å²) in [5.41, 5.74) is 2.68. The fraction of sp³-hybridized carbons (Fsp3) is 0.421. The third-order valence-electron chi connectivity index (χ3n) is 5.27. The quantitative estimate of drug-likeness (QED) is 0.814. The second kappa shape index (κ2) is 6.39. The van der Waals surface area contributed by atoms with Gasteiger partial charge in [0, 0.05) is 24.0 Å². The summed E-state index contributed by atoms with van der Waals surface area (Å²) < 4.78 is 0. The van der Waals surface area contributed by atoms with E-state index in [1.54, 1.807) is 11.3 Å². The smallest absolute Gasteiger partial charge is 0.322 e. The van der Waals surface area contributed by atoms with Crippen LogP contribution >= 0.6 is 11.3 Å². The molecule has 136 valence electrons. The average molecular weight is 370 g/mol. The highest BCUT2D eigenvalue weighted by Crippen LogP contribution is 2.33. The lowest BCUT2D eigenvalue weighted by molar-refractivity contribution is -0.124. The Morgan fingerprint density at radius 1 is 1.15 bits per heavy atom. The highest BCUT2D eigenvalue weighted by atomic mass is 32.1. The second-order valence-electron chi connectivity index (χ2n) is 7.27. The zero-order chi connectivity index (χ0) is 18.3. The zero-order valence-electron chi connectivity index (χ0n) is 14.9. The number of piperidine rings is 1. The Hall–Kier alpha value is -2.41. The summed E-state index contributed by atoms with van der Waals surface area (Å²) in [6.45, 7) is 5.78. The van der Waals surface area contributed by atoms with Crippen LogP contribution in [-0.2, 0) is 4.79 Å². The van der Waals surface area contributed by atoms with Gasteiger partial charge in [-0.3, -0.25) is 10.1 Å². The predicted octanol–water partition coefficient (Wildman–Crippen LogP) is 3.11. The summed E-state index contributed by atoms with van der Waals surface area (Å²) in [4.78, 5) is 30.5. The van der Waals surface area contributed by atoms with Crippen molar-refractivity contribution in [2.45, 2.75) is 38.1 Å². The summed E-state index contributed by atoms with van der Waals surface area (Å²) in [5, 5.41) is 8.19. The molecule has 7 heteroatoms. The molecule has 2 aromatic rings. The molecule has 0 radical (unpaired) electrons. The van der Waals surface area contributed by atoms with Crippen molar-refractivity contribution in [1.82, 2.24) is 15.6 Å². The van der Waals surface area contributed by atoms with Gasteiger partial charge in [0.2, 0.25) is 0 Å². The van der Waals surface area contributed by atoms with Gasteiger partial charge < -0.3 is 10.2 Å². The van der Waals surface area contributed by atoms with Crippen molar-refractivity contribution < 1.29 is 9.59 Å². The number of thiazole rings is 1. The van der Waals surface area contributed by atoms with Crippen molar-refractivity contribution in [2.75, 3.05) is 18.0 Å². The summed E-state index contributed by atoms with van der Waals surface area (Å²) in [5.74, 6) is 0.316. The van der Waals surface area contributed by atoms with Gasteiger partial charge in [-0.15, -0.1) is 11.3 Å². The molecule has 2 saturated heterocycles. The molecule has 0 atom stereocenters. The van der Waals surface area contributed by atoms with Gasteiger partial charge in [-0.25, -0.2) is 9.78 Å². The van der Waals surface area contributed by atoms with Gasteiger partial charge in [0.1, 0.15) is 5.54 Å².